The summed E-state index contributed by atoms with van der Waals surface area (Å²) in [4.78, 5) is 22.5. The van der Waals surface area contributed by atoms with Crippen molar-refractivity contribution in [2.75, 3.05) is 32.1 Å². The van der Waals surface area contributed by atoms with Crippen LogP contribution in [0.15, 0.2) is 36.7 Å². The highest BCUT2D eigenvalue weighted by Gasteiger charge is 2.22. The van der Waals surface area contributed by atoms with E-state index < -0.39 is 5.60 Å². The second-order valence-electron chi connectivity index (χ2n) is 9.50. The van der Waals surface area contributed by atoms with Crippen molar-refractivity contribution in [3.63, 3.8) is 0 Å². The molecule has 0 saturated carbocycles. The molecular formula is C28H33N7O4. The summed E-state index contributed by atoms with van der Waals surface area (Å²) in [5, 5.41) is 19.2. The van der Waals surface area contributed by atoms with Gasteiger partial charge in [-0.3, -0.25) is 5.10 Å². The first kappa shape index (κ1) is 28.8. The summed E-state index contributed by atoms with van der Waals surface area (Å²) in [5.74, 6) is 4.75. The van der Waals surface area contributed by atoms with Crippen molar-refractivity contribution in [1.29, 1.82) is 5.26 Å². The van der Waals surface area contributed by atoms with Crippen LogP contribution in [0, 0.1) is 23.7 Å². The number of H-pyrrole nitrogens is 1. The number of anilines is 2. The zero-order valence-corrected chi connectivity index (χ0v) is 22.7. The van der Waals surface area contributed by atoms with Crippen molar-refractivity contribution >= 4 is 17.7 Å². The molecule has 0 aliphatic carbocycles. The lowest BCUT2D eigenvalue weighted by molar-refractivity contribution is 0.0240. The van der Waals surface area contributed by atoms with E-state index in [1.165, 1.54) is 12.4 Å². The first-order valence-corrected chi connectivity index (χ1v) is 12.5. The van der Waals surface area contributed by atoms with Crippen LogP contribution in [0.3, 0.4) is 0 Å². The van der Waals surface area contributed by atoms with Gasteiger partial charge in [0.2, 0.25) is 0 Å². The SMILES string of the molecule is C#CCCCN(CCCOc1cccc(OC)c1-c1cc(Nc2cnc(C#N)cn2)n[nH]1)C(=O)OC(C)(C)C. The van der Waals surface area contributed by atoms with Crippen LogP contribution in [-0.4, -0.2) is 63.6 Å². The Labute approximate surface area is 228 Å². The molecule has 11 nitrogen and oxygen atoms in total. The van der Waals surface area contributed by atoms with Gasteiger partial charge in [0.1, 0.15) is 29.0 Å². The van der Waals surface area contributed by atoms with Gasteiger partial charge in [-0.2, -0.15) is 10.4 Å². The lowest BCUT2D eigenvalue weighted by Crippen LogP contribution is -2.38. The van der Waals surface area contributed by atoms with E-state index in [0.717, 1.165) is 0 Å². The third-order valence-electron chi connectivity index (χ3n) is 5.31. The van der Waals surface area contributed by atoms with E-state index in [2.05, 4.69) is 31.4 Å². The molecule has 0 fully saturated rings. The van der Waals surface area contributed by atoms with Crippen molar-refractivity contribution in [3.8, 4) is 41.2 Å². The highest BCUT2D eigenvalue weighted by Crippen LogP contribution is 2.38. The Morgan fingerprint density at radius 1 is 1.15 bits per heavy atom. The van der Waals surface area contributed by atoms with Gasteiger partial charge in [0.25, 0.3) is 0 Å². The van der Waals surface area contributed by atoms with E-state index in [4.69, 9.17) is 25.9 Å². The number of hydrogen-bond donors (Lipinski definition) is 2. The highest BCUT2D eigenvalue weighted by molar-refractivity contribution is 5.76. The first-order chi connectivity index (χ1) is 18.7. The monoisotopic (exact) mass is 531 g/mol. The van der Waals surface area contributed by atoms with Crippen LogP contribution in [0.5, 0.6) is 11.5 Å². The topological polar surface area (TPSA) is 138 Å². The maximum Gasteiger partial charge on any atom is 0.410 e. The molecule has 39 heavy (non-hydrogen) atoms. The van der Waals surface area contributed by atoms with E-state index in [-0.39, 0.29) is 11.8 Å². The van der Waals surface area contributed by atoms with E-state index in [9.17, 15) is 4.79 Å². The van der Waals surface area contributed by atoms with E-state index in [0.29, 0.717) is 73.4 Å². The molecule has 1 amide bonds. The first-order valence-electron chi connectivity index (χ1n) is 12.5. The Morgan fingerprint density at radius 2 is 1.92 bits per heavy atom. The lowest BCUT2D eigenvalue weighted by Gasteiger charge is -2.27. The van der Waals surface area contributed by atoms with Crippen molar-refractivity contribution in [2.45, 2.75) is 45.6 Å². The largest absolute Gasteiger partial charge is 0.496 e. The predicted octanol–water partition coefficient (Wildman–Crippen LogP) is 4.91. The zero-order valence-electron chi connectivity index (χ0n) is 22.7. The number of terminal acetylenes is 1. The number of aromatic amines is 1. The highest BCUT2D eigenvalue weighted by atomic mass is 16.6. The van der Waals surface area contributed by atoms with Gasteiger partial charge in [-0.15, -0.1) is 12.3 Å². The number of unbranched alkanes of at least 4 members (excludes halogenated alkanes) is 1. The number of aromatic nitrogens is 4. The summed E-state index contributed by atoms with van der Waals surface area (Å²) in [6.45, 7) is 6.85. The maximum absolute atomic E-state index is 12.7. The summed E-state index contributed by atoms with van der Waals surface area (Å²) in [6, 6.07) is 9.24. The van der Waals surface area contributed by atoms with Crippen LogP contribution < -0.4 is 14.8 Å². The minimum absolute atomic E-state index is 0.223. The van der Waals surface area contributed by atoms with Gasteiger partial charge >= 0.3 is 6.09 Å². The van der Waals surface area contributed by atoms with Gasteiger partial charge in [0.15, 0.2) is 11.5 Å². The molecule has 0 unspecified atom stereocenters. The predicted molar refractivity (Wildman–Crippen MR) is 147 cm³/mol. The average Bonchev–Trinajstić information content (AvgIpc) is 3.37. The van der Waals surface area contributed by atoms with Gasteiger partial charge in [-0.1, -0.05) is 6.07 Å². The Morgan fingerprint density at radius 3 is 2.59 bits per heavy atom. The normalized spacial score (nSPS) is 10.7. The zero-order chi connectivity index (χ0) is 28.3. The molecule has 1 aromatic carbocycles. The molecule has 11 heteroatoms. The minimum Gasteiger partial charge on any atom is -0.496 e. The third-order valence-corrected chi connectivity index (χ3v) is 5.31. The van der Waals surface area contributed by atoms with Gasteiger partial charge in [0.05, 0.1) is 37.4 Å². The molecule has 0 atom stereocenters. The quantitative estimate of drug-likeness (QED) is 0.246. The molecule has 0 saturated heterocycles. The van der Waals surface area contributed by atoms with Gasteiger partial charge in [-0.25, -0.2) is 14.8 Å². The molecule has 2 N–H and O–H groups in total. The molecule has 2 heterocycles. The molecule has 0 bridgehead atoms. The number of rotatable bonds is 12. The minimum atomic E-state index is -0.585. The molecular weight excluding hydrogens is 498 g/mol. The fourth-order valence-electron chi connectivity index (χ4n) is 3.59. The van der Waals surface area contributed by atoms with Gasteiger partial charge < -0.3 is 24.4 Å². The number of amides is 1. The van der Waals surface area contributed by atoms with Crippen molar-refractivity contribution in [2.24, 2.45) is 0 Å². The van der Waals surface area contributed by atoms with E-state index in [1.54, 1.807) is 18.1 Å². The summed E-state index contributed by atoms with van der Waals surface area (Å²) < 4.78 is 17.3. The third kappa shape index (κ3) is 8.64. The number of benzene rings is 1. The lowest BCUT2D eigenvalue weighted by atomic mass is 10.1. The molecule has 0 radical (unpaired) electrons. The Bertz CT molecular complexity index is 1320. The van der Waals surface area contributed by atoms with Crippen LogP contribution in [0.1, 0.15) is 45.7 Å². The fraction of sp³-hybridized carbons (Fsp3) is 0.393. The van der Waals surface area contributed by atoms with Gasteiger partial charge in [0, 0.05) is 25.6 Å². The van der Waals surface area contributed by atoms with Crippen molar-refractivity contribution in [3.05, 3.63) is 42.4 Å². The van der Waals surface area contributed by atoms with Crippen LogP contribution in [0.25, 0.3) is 11.3 Å². The van der Waals surface area contributed by atoms with Crippen LogP contribution in [0.2, 0.25) is 0 Å². The van der Waals surface area contributed by atoms with Crippen LogP contribution in [-0.2, 0) is 4.74 Å². The molecule has 0 aliphatic rings. The summed E-state index contributed by atoms with van der Waals surface area (Å²) in [5.41, 5.74) is 0.999. The van der Waals surface area contributed by atoms with E-state index in [1.807, 2.05) is 45.0 Å². The molecule has 3 rings (SSSR count). The number of nitrogens with zero attached hydrogens (tertiary/aromatic N) is 5. The Balaban J connectivity index is 1.68. The van der Waals surface area contributed by atoms with Crippen molar-refractivity contribution in [1.82, 2.24) is 25.1 Å². The number of carbonyl (C=O) groups excluding carboxylic acids is 1. The Kier molecular flexibility index (Phi) is 10.1. The second kappa shape index (κ2) is 13.7. The van der Waals surface area contributed by atoms with Crippen LogP contribution >= 0.6 is 0 Å². The number of nitriles is 1. The standard InChI is InChI=1S/C28H33N7O4/c1-6-7-8-13-35(27(36)39-28(2,3)4)14-10-15-38-23-12-9-11-22(37-5)26(23)21-16-24(34-33-21)32-25-19-30-20(17-29)18-31-25/h1,9,11-12,16,18-19H,7-8,10,13-15H2,2-5H3,(H2,31,32,33,34). The van der Waals surface area contributed by atoms with Crippen LogP contribution in [0.4, 0.5) is 16.4 Å². The average molecular weight is 532 g/mol. The Hall–Kier alpha value is -4.77. The number of nitrogens with one attached hydrogen (secondary N) is 2. The smallest absolute Gasteiger partial charge is 0.410 e. The van der Waals surface area contributed by atoms with E-state index >= 15 is 0 Å². The molecule has 204 valence electrons. The number of hydrogen-bond acceptors (Lipinski definition) is 9. The maximum atomic E-state index is 12.7. The second-order valence-corrected chi connectivity index (χ2v) is 9.50. The fourth-order valence-corrected chi connectivity index (χ4v) is 3.59. The molecule has 3 aromatic rings. The molecule has 0 aliphatic heterocycles. The number of carbonyl (C=O) groups is 1. The van der Waals surface area contributed by atoms with Gasteiger partial charge in [-0.05, 0) is 45.7 Å². The van der Waals surface area contributed by atoms with Crippen molar-refractivity contribution < 1.29 is 19.0 Å². The number of ether oxygens (including phenoxy) is 3. The molecule has 0 spiro atoms. The summed E-state index contributed by atoms with van der Waals surface area (Å²) >= 11 is 0. The molecule has 2 aromatic heterocycles. The summed E-state index contributed by atoms with van der Waals surface area (Å²) in [7, 11) is 1.58. The number of methoxy groups -OCH3 is 1. The summed E-state index contributed by atoms with van der Waals surface area (Å²) in [6.07, 6.45) is 9.70.